The van der Waals surface area contributed by atoms with E-state index >= 15 is 0 Å². The van der Waals surface area contributed by atoms with Crippen LogP contribution in [0, 0.1) is 0 Å². The molecule has 0 bridgehead atoms. The molecular formula is C18H20ClN3O2. The molecular weight excluding hydrogens is 326 g/mol. The number of hydrazone groups is 1. The summed E-state index contributed by atoms with van der Waals surface area (Å²) in [5.41, 5.74) is 3.60. The molecule has 2 N–H and O–H groups in total. The van der Waals surface area contributed by atoms with Crippen molar-refractivity contribution in [1.82, 2.24) is 5.43 Å². The highest BCUT2D eigenvalue weighted by Gasteiger charge is 2.11. The highest BCUT2D eigenvalue weighted by atomic mass is 35.5. The number of benzene rings is 2. The quantitative estimate of drug-likeness (QED) is 0.624. The van der Waals surface area contributed by atoms with E-state index in [0.29, 0.717) is 10.7 Å². The number of amides is 2. The Morgan fingerprint density at radius 3 is 2.50 bits per heavy atom. The monoisotopic (exact) mass is 345 g/mol. The number of halogens is 1. The maximum Gasteiger partial charge on any atom is 0.339 e. The predicted molar refractivity (Wildman–Crippen MR) is 98.0 cm³/mol. The van der Waals surface area contributed by atoms with E-state index in [1.54, 1.807) is 30.5 Å². The number of nitrogens with one attached hydrogen (secondary N) is 2. The van der Waals surface area contributed by atoms with Crippen molar-refractivity contribution in [2.75, 3.05) is 5.32 Å². The van der Waals surface area contributed by atoms with Gasteiger partial charge in [-0.25, -0.2) is 10.2 Å². The van der Waals surface area contributed by atoms with Gasteiger partial charge in [0.15, 0.2) is 0 Å². The van der Waals surface area contributed by atoms with Gasteiger partial charge in [0.25, 0.3) is 0 Å². The summed E-state index contributed by atoms with van der Waals surface area (Å²) >= 11 is 5.85. The van der Waals surface area contributed by atoms with Crippen molar-refractivity contribution >= 4 is 29.5 Å². The summed E-state index contributed by atoms with van der Waals surface area (Å²) in [6.45, 7) is 5.97. The second-order valence-electron chi connectivity index (χ2n) is 6.12. The molecule has 5 nitrogen and oxygen atoms in total. The van der Waals surface area contributed by atoms with Crippen molar-refractivity contribution in [3.8, 4) is 5.75 Å². The van der Waals surface area contributed by atoms with E-state index in [-0.39, 0.29) is 5.60 Å². The largest absolute Gasteiger partial charge is 0.488 e. The minimum Gasteiger partial charge on any atom is -0.488 e. The Bertz CT molecular complexity index is 722. The zero-order valence-electron chi connectivity index (χ0n) is 13.8. The lowest BCUT2D eigenvalue weighted by atomic mass is 10.2. The van der Waals surface area contributed by atoms with Crippen LogP contribution in [0.1, 0.15) is 26.3 Å². The van der Waals surface area contributed by atoms with E-state index in [1.807, 2.05) is 45.0 Å². The third kappa shape index (κ3) is 6.30. The lowest BCUT2D eigenvalue weighted by molar-refractivity contribution is 0.131. The molecule has 0 spiro atoms. The van der Waals surface area contributed by atoms with E-state index in [9.17, 15) is 4.79 Å². The van der Waals surface area contributed by atoms with Crippen molar-refractivity contribution in [3.05, 3.63) is 59.1 Å². The maximum atomic E-state index is 11.7. The second-order valence-corrected chi connectivity index (χ2v) is 6.55. The minimum absolute atomic E-state index is 0.240. The van der Waals surface area contributed by atoms with Crippen molar-refractivity contribution < 1.29 is 9.53 Å². The summed E-state index contributed by atoms with van der Waals surface area (Å²) < 4.78 is 5.74. The van der Waals surface area contributed by atoms with Crippen molar-refractivity contribution in [2.24, 2.45) is 5.10 Å². The van der Waals surface area contributed by atoms with Crippen molar-refractivity contribution in [1.29, 1.82) is 0 Å². The van der Waals surface area contributed by atoms with Crippen LogP contribution in [-0.4, -0.2) is 17.8 Å². The first kappa shape index (κ1) is 17.8. The van der Waals surface area contributed by atoms with Gasteiger partial charge in [0.2, 0.25) is 0 Å². The number of hydrogen-bond donors (Lipinski definition) is 2. The molecule has 0 aromatic heterocycles. The number of carbonyl (C=O) groups excluding carboxylic acids is 1. The average molecular weight is 346 g/mol. The molecule has 0 aliphatic carbocycles. The van der Waals surface area contributed by atoms with Crippen molar-refractivity contribution in [3.63, 3.8) is 0 Å². The van der Waals surface area contributed by atoms with Gasteiger partial charge in [-0.3, -0.25) is 0 Å². The Kier molecular flexibility index (Phi) is 5.82. The van der Waals surface area contributed by atoms with Crippen LogP contribution in [0.15, 0.2) is 53.6 Å². The highest BCUT2D eigenvalue weighted by molar-refractivity contribution is 6.30. The molecule has 0 aliphatic heterocycles. The van der Waals surface area contributed by atoms with E-state index in [1.165, 1.54) is 0 Å². The summed E-state index contributed by atoms with van der Waals surface area (Å²) in [5, 5.41) is 7.09. The Hall–Kier alpha value is -2.53. The number of rotatable bonds is 4. The minimum atomic E-state index is -0.443. The summed E-state index contributed by atoms with van der Waals surface area (Å²) in [4.78, 5) is 11.7. The Morgan fingerprint density at radius 2 is 1.88 bits per heavy atom. The zero-order valence-corrected chi connectivity index (χ0v) is 14.6. The molecule has 6 heteroatoms. The second kappa shape index (κ2) is 7.84. The number of hydrogen-bond acceptors (Lipinski definition) is 3. The van der Waals surface area contributed by atoms with Crippen LogP contribution in [0.4, 0.5) is 10.5 Å². The van der Waals surface area contributed by atoms with Crippen molar-refractivity contribution in [2.45, 2.75) is 26.4 Å². The molecule has 2 amide bonds. The Morgan fingerprint density at radius 1 is 1.17 bits per heavy atom. The molecule has 0 heterocycles. The third-order valence-electron chi connectivity index (χ3n) is 2.77. The number of ether oxygens (including phenoxy) is 1. The number of urea groups is 1. The molecule has 0 radical (unpaired) electrons. The van der Waals surface area contributed by atoms with Crippen LogP contribution in [0.5, 0.6) is 5.75 Å². The van der Waals surface area contributed by atoms with Gasteiger partial charge in [0.1, 0.15) is 11.4 Å². The van der Waals surface area contributed by atoms with Gasteiger partial charge in [-0.05, 0) is 68.8 Å². The van der Waals surface area contributed by atoms with E-state index < -0.39 is 6.03 Å². The SMILES string of the molecule is CC(C)(C)Oc1ccc(/C=N\NC(=O)Nc2cccc(Cl)c2)cc1. The standard InChI is InChI=1S/C18H20ClN3O2/c1-18(2,3)24-16-9-7-13(8-10-16)12-20-22-17(23)21-15-6-4-5-14(19)11-15/h4-12H,1-3H3,(H2,21,22,23)/b20-12-. The fourth-order valence-corrected chi connectivity index (χ4v) is 2.06. The molecule has 0 saturated heterocycles. The average Bonchev–Trinajstić information content (AvgIpc) is 2.47. The first-order valence-corrected chi connectivity index (χ1v) is 7.84. The molecule has 24 heavy (non-hydrogen) atoms. The lowest BCUT2D eigenvalue weighted by Gasteiger charge is -2.21. The molecule has 0 unspecified atom stereocenters. The van der Waals surface area contributed by atoms with Gasteiger partial charge in [0, 0.05) is 10.7 Å². The zero-order chi connectivity index (χ0) is 17.6. The van der Waals surface area contributed by atoms with Gasteiger partial charge >= 0.3 is 6.03 Å². The summed E-state index contributed by atoms with van der Waals surface area (Å²) in [5.74, 6) is 0.784. The lowest BCUT2D eigenvalue weighted by Crippen LogP contribution is -2.24. The van der Waals surface area contributed by atoms with Crippen LogP contribution >= 0.6 is 11.6 Å². The molecule has 2 rings (SSSR count). The molecule has 126 valence electrons. The van der Waals surface area contributed by atoms with Gasteiger partial charge in [-0.15, -0.1) is 0 Å². The smallest absolute Gasteiger partial charge is 0.339 e. The number of anilines is 1. The van der Waals surface area contributed by atoms with Crippen LogP contribution in [0.3, 0.4) is 0 Å². The van der Waals surface area contributed by atoms with E-state index in [0.717, 1.165) is 11.3 Å². The summed E-state index contributed by atoms with van der Waals surface area (Å²) in [7, 11) is 0. The normalized spacial score (nSPS) is 11.3. The summed E-state index contributed by atoms with van der Waals surface area (Å²) in [6, 6.07) is 13.9. The maximum absolute atomic E-state index is 11.7. The van der Waals surface area contributed by atoms with Gasteiger partial charge in [-0.2, -0.15) is 5.10 Å². The molecule has 0 aliphatic rings. The van der Waals surface area contributed by atoms with Crippen LogP contribution in [0.25, 0.3) is 0 Å². The van der Waals surface area contributed by atoms with Gasteiger partial charge in [-0.1, -0.05) is 17.7 Å². The fraction of sp³-hybridized carbons (Fsp3) is 0.222. The molecule has 0 atom stereocenters. The van der Waals surface area contributed by atoms with Gasteiger partial charge < -0.3 is 10.1 Å². The third-order valence-corrected chi connectivity index (χ3v) is 3.00. The Labute approximate surface area is 146 Å². The van der Waals surface area contributed by atoms with Gasteiger partial charge in [0.05, 0.1) is 6.21 Å². The van der Waals surface area contributed by atoms with Crippen LogP contribution < -0.4 is 15.5 Å². The van der Waals surface area contributed by atoms with E-state index in [2.05, 4.69) is 15.8 Å². The predicted octanol–water partition coefficient (Wildman–Crippen LogP) is 4.67. The number of carbonyl (C=O) groups is 1. The molecule has 0 fully saturated rings. The molecule has 2 aromatic rings. The molecule has 2 aromatic carbocycles. The topological polar surface area (TPSA) is 62.7 Å². The van der Waals surface area contributed by atoms with Crippen LogP contribution in [0.2, 0.25) is 5.02 Å². The highest BCUT2D eigenvalue weighted by Crippen LogP contribution is 2.18. The van der Waals surface area contributed by atoms with E-state index in [4.69, 9.17) is 16.3 Å². The van der Waals surface area contributed by atoms with Crippen LogP contribution in [-0.2, 0) is 0 Å². The first-order chi connectivity index (χ1) is 11.3. The molecule has 0 saturated carbocycles. The number of nitrogens with zero attached hydrogens (tertiary/aromatic N) is 1. The first-order valence-electron chi connectivity index (χ1n) is 7.46. The summed E-state index contributed by atoms with van der Waals surface area (Å²) in [6.07, 6.45) is 1.55. The Balaban J connectivity index is 1.86. The fourth-order valence-electron chi connectivity index (χ4n) is 1.87.